The highest BCUT2D eigenvalue weighted by molar-refractivity contribution is 7.86. The van der Waals surface area contributed by atoms with Crippen LogP contribution in [0.3, 0.4) is 0 Å². The minimum atomic E-state index is -4.51. The zero-order valence-corrected chi connectivity index (χ0v) is 14.0. The molecule has 6 nitrogen and oxygen atoms in total. The highest BCUT2D eigenvalue weighted by Crippen LogP contribution is 2.29. The average molecular weight is 352 g/mol. The van der Waals surface area contributed by atoms with E-state index in [2.05, 4.69) is 0 Å². The lowest BCUT2D eigenvalue weighted by Crippen LogP contribution is -2.28. The van der Waals surface area contributed by atoms with Gasteiger partial charge in [-0.25, -0.2) is 0 Å². The molecule has 2 aromatic rings. The van der Waals surface area contributed by atoms with Crippen molar-refractivity contribution >= 4 is 10.1 Å². The second kappa shape index (κ2) is 7.65. The van der Waals surface area contributed by atoms with E-state index in [0.29, 0.717) is 5.56 Å². The number of aliphatic hydroxyl groups is 1. The van der Waals surface area contributed by atoms with Crippen LogP contribution in [-0.4, -0.2) is 28.6 Å². The molecule has 0 bridgehead atoms. The first kappa shape index (κ1) is 18.3. The van der Waals surface area contributed by atoms with Crippen LogP contribution in [0.4, 0.5) is 0 Å². The van der Waals surface area contributed by atoms with Crippen LogP contribution in [0.1, 0.15) is 18.1 Å². The molecule has 0 radical (unpaired) electrons. The number of ether oxygens (including phenoxy) is 1. The van der Waals surface area contributed by atoms with Crippen molar-refractivity contribution < 1.29 is 27.9 Å². The van der Waals surface area contributed by atoms with Crippen molar-refractivity contribution in [3.63, 3.8) is 0 Å². The lowest BCUT2D eigenvalue weighted by Gasteiger charge is -2.17. The number of aromatic hydroxyl groups is 1. The van der Waals surface area contributed by atoms with Crippen LogP contribution in [0.25, 0.3) is 0 Å². The smallest absolute Gasteiger partial charge is 0.292 e. The maximum Gasteiger partial charge on any atom is 0.292 e. The second-order valence-electron chi connectivity index (χ2n) is 5.66. The number of hydrogen-bond acceptors (Lipinski definition) is 5. The van der Waals surface area contributed by atoms with Gasteiger partial charge >= 0.3 is 0 Å². The summed E-state index contributed by atoms with van der Waals surface area (Å²) in [6.07, 6.45) is 0.197. The second-order valence-corrected chi connectivity index (χ2v) is 7.18. The van der Waals surface area contributed by atoms with Crippen molar-refractivity contribution in [3.05, 3.63) is 59.7 Å². The highest BCUT2D eigenvalue weighted by atomic mass is 32.2. The first-order chi connectivity index (χ1) is 11.3. The van der Waals surface area contributed by atoms with E-state index in [1.165, 1.54) is 13.0 Å². The van der Waals surface area contributed by atoms with E-state index >= 15 is 0 Å². The number of rotatable bonds is 7. The number of phenolic OH excluding ortho intramolecular Hbond substituents is 1. The zero-order chi connectivity index (χ0) is 17.7. The van der Waals surface area contributed by atoms with E-state index in [1.54, 1.807) is 12.1 Å². The summed E-state index contributed by atoms with van der Waals surface area (Å²) >= 11 is 0. The van der Waals surface area contributed by atoms with Crippen LogP contribution in [0, 0.1) is 5.92 Å². The van der Waals surface area contributed by atoms with Gasteiger partial charge in [0, 0.05) is 5.92 Å². The molecule has 0 saturated heterocycles. The monoisotopic (exact) mass is 352 g/mol. The van der Waals surface area contributed by atoms with Gasteiger partial charge in [0.05, 0.1) is 0 Å². The molecule has 3 N–H and O–H groups in total. The van der Waals surface area contributed by atoms with Crippen LogP contribution >= 0.6 is 0 Å². The predicted molar refractivity (Wildman–Crippen MR) is 89.3 cm³/mol. The maximum absolute atomic E-state index is 11.0. The number of phenols is 1. The SMILES string of the molecule is C[C@H](Cc1ccc(O)c(OCc2ccccc2)c1)[C@H](O)S(=O)(=O)O. The molecular formula is C17H20O6S. The standard InChI is InChI=1S/C17H20O6S/c1-12(17(19)24(20,21)22)9-14-7-8-15(18)16(10-14)23-11-13-5-3-2-4-6-13/h2-8,10,12,17-19H,9,11H2,1H3,(H,20,21,22)/t12-,17-/m1/s1. The van der Waals surface area contributed by atoms with Crippen molar-refractivity contribution in [2.45, 2.75) is 25.4 Å². The predicted octanol–water partition coefficient (Wildman–Crippen LogP) is 2.36. The summed E-state index contributed by atoms with van der Waals surface area (Å²) in [5, 5.41) is 19.4. The Balaban J connectivity index is 2.08. The lowest BCUT2D eigenvalue weighted by molar-refractivity contribution is 0.177. The van der Waals surface area contributed by atoms with Gasteiger partial charge in [-0.15, -0.1) is 0 Å². The zero-order valence-electron chi connectivity index (χ0n) is 13.2. The fourth-order valence-electron chi connectivity index (χ4n) is 2.30. The Morgan fingerprint density at radius 3 is 2.38 bits per heavy atom. The summed E-state index contributed by atoms with van der Waals surface area (Å²) in [5.74, 6) is -0.478. The van der Waals surface area contributed by atoms with Gasteiger partial charge in [0.2, 0.25) is 0 Å². The van der Waals surface area contributed by atoms with E-state index in [9.17, 15) is 18.6 Å². The molecular weight excluding hydrogens is 332 g/mol. The van der Waals surface area contributed by atoms with Gasteiger partial charge in [-0.1, -0.05) is 43.3 Å². The van der Waals surface area contributed by atoms with Crippen molar-refractivity contribution in [2.75, 3.05) is 0 Å². The van der Waals surface area contributed by atoms with E-state index in [1.807, 2.05) is 30.3 Å². The molecule has 0 fully saturated rings. The van der Waals surface area contributed by atoms with Gasteiger partial charge in [0.15, 0.2) is 16.9 Å². The minimum Gasteiger partial charge on any atom is -0.504 e. The topological polar surface area (TPSA) is 104 Å². The van der Waals surface area contributed by atoms with Gasteiger partial charge in [0.25, 0.3) is 10.1 Å². The molecule has 0 saturated carbocycles. The van der Waals surface area contributed by atoms with Gasteiger partial charge in [-0.2, -0.15) is 8.42 Å². The third-order valence-electron chi connectivity index (χ3n) is 3.61. The summed E-state index contributed by atoms with van der Waals surface area (Å²) in [4.78, 5) is 0. The molecule has 24 heavy (non-hydrogen) atoms. The van der Waals surface area contributed by atoms with Gasteiger partial charge in [-0.05, 0) is 29.7 Å². The lowest BCUT2D eigenvalue weighted by atomic mass is 10.0. The Hall–Kier alpha value is -2.09. The summed E-state index contributed by atoms with van der Waals surface area (Å²) in [6, 6.07) is 14.1. The molecule has 2 rings (SSSR count). The molecule has 0 amide bonds. The summed E-state index contributed by atoms with van der Waals surface area (Å²) in [6.45, 7) is 1.79. The summed E-state index contributed by atoms with van der Waals surface area (Å²) in [7, 11) is -4.51. The molecule has 0 unspecified atom stereocenters. The van der Waals surface area contributed by atoms with E-state index in [0.717, 1.165) is 5.56 Å². The molecule has 2 aromatic carbocycles. The van der Waals surface area contributed by atoms with Gasteiger partial charge in [-0.3, -0.25) is 4.55 Å². The van der Waals surface area contributed by atoms with Crippen molar-refractivity contribution in [1.29, 1.82) is 0 Å². The average Bonchev–Trinajstić information content (AvgIpc) is 2.54. The Labute approximate surface area is 141 Å². The van der Waals surface area contributed by atoms with Crippen molar-refractivity contribution in [1.82, 2.24) is 0 Å². The molecule has 0 aliphatic rings. The molecule has 0 aromatic heterocycles. The first-order valence-corrected chi connectivity index (χ1v) is 8.90. The van der Waals surface area contributed by atoms with Crippen LogP contribution in [0.15, 0.2) is 48.5 Å². The Morgan fingerprint density at radius 2 is 1.75 bits per heavy atom. The molecule has 0 aliphatic carbocycles. The fourth-order valence-corrected chi connectivity index (χ4v) is 2.99. The van der Waals surface area contributed by atoms with E-state index in [-0.39, 0.29) is 24.5 Å². The third kappa shape index (κ3) is 4.95. The molecule has 0 heterocycles. The molecule has 0 spiro atoms. The van der Waals surface area contributed by atoms with Gasteiger partial charge < -0.3 is 14.9 Å². The Kier molecular flexibility index (Phi) is 5.82. The Bertz CT molecular complexity index is 773. The van der Waals surface area contributed by atoms with Crippen LogP contribution in [-0.2, 0) is 23.1 Å². The summed E-state index contributed by atoms with van der Waals surface area (Å²) < 4.78 is 36.5. The number of hydrogen-bond donors (Lipinski definition) is 3. The number of aliphatic hydroxyl groups excluding tert-OH is 1. The quantitative estimate of drug-likeness (QED) is 0.661. The van der Waals surface area contributed by atoms with Crippen LogP contribution in [0.2, 0.25) is 0 Å². The first-order valence-electron chi connectivity index (χ1n) is 7.40. The maximum atomic E-state index is 11.0. The molecule has 130 valence electrons. The third-order valence-corrected chi connectivity index (χ3v) is 4.69. The molecule has 2 atom stereocenters. The van der Waals surface area contributed by atoms with E-state index in [4.69, 9.17) is 9.29 Å². The largest absolute Gasteiger partial charge is 0.504 e. The van der Waals surface area contributed by atoms with Crippen molar-refractivity contribution in [3.8, 4) is 11.5 Å². The van der Waals surface area contributed by atoms with Gasteiger partial charge in [0.1, 0.15) is 6.61 Å². The minimum absolute atomic E-state index is 0.0299. The number of benzene rings is 2. The molecule has 7 heteroatoms. The van der Waals surface area contributed by atoms with E-state index < -0.39 is 21.5 Å². The fraction of sp³-hybridized carbons (Fsp3) is 0.294. The Morgan fingerprint density at radius 1 is 1.08 bits per heavy atom. The van der Waals surface area contributed by atoms with Crippen LogP contribution in [0.5, 0.6) is 11.5 Å². The van der Waals surface area contributed by atoms with Crippen LogP contribution < -0.4 is 4.74 Å². The molecule has 0 aliphatic heterocycles. The van der Waals surface area contributed by atoms with Crippen molar-refractivity contribution in [2.24, 2.45) is 5.92 Å². The normalized spacial score (nSPS) is 14.1. The highest BCUT2D eigenvalue weighted by Gasteiger charge is 2.26. The summed E-state index contributed by atoms with van der Waals surface area (Å²) in [5.41, 5.74) is -0.247.